The highest BCUT2D eigenvalue weighted by atomic mass is 19.2. The maximum Gasteiger partial charge on any atom is 0.257 e. The summed E-state index contributed by atoms with van der Waals surface area (Å²) < 4.78 is 32.1. The van der Waals surface area contributed by atoms with Crippen LogP contribution in [0.15, 0.2) is 42.5 Å². The highest BCUT2D eigenvalue weighted by Gasteiger charge is 2.25. The van der Waals surface area contributed by atoms with Crippen molar-refractivity contribution in [3.05, 3.63) is 65.2 Å². The lowest BCUT2D eigenvalue weighted by molar-refractivity contribution is 0.0652. The third kappa shape index (κ3) is 3.48. The van der Waals surface area contributed by atoms with Crippen LogP contribution in [0.3, 0.4) is 0 Å². The summed E-state index contributed by atoms with van der Waals surface area (Å²) in [5.74, 6) is -2.36. The Morgan fingerprint density at radius 1 is 1.22 bits per heavy atom. The number of likely N-dealkylation sites (N-methyl/N-ethyl adjacent to an activating group) is 1. The minimum absolute atomic E-state index is 0.356. The van der Waals surface area contributed by atoms with Gasteiger partial charge in [-0.2, -0.15) is 0 Å². The molecule has 1 amide bonds. The van der Waals surface area contributed by atoms with Gasteiger partial charge in [-0.25, -0.2) is 8.78 Å². The number of aliphatic hydroxyl groups is 1. The van der Waals surface area contributed by atoms with Crippen LogP contribution in [-0.4, -0.2) is 36.7 Å². The summed E-state index contributed by atoms with van der Waals surface area (Å²) >= 11 is 0. The summed E-state index contributed by atoms with van der Waals surface area (Å²) in [5, 5.41) is 9.60. The fourth-order valence-electron chi connectivity index (χ4n) is 2.28. The average molecular weight is 321 g/mol. The predicted molar refractivity (Wildman–Crippen MR) is 81.3 cm³/mol. The fourth-order valence-corrected chi connectivity index (χ4v) is 2.28. The first-order valence-electron chi connectivity index (χ1n) is 6.95. The van der Waals surface area contributed by atoms with E-state index in [9.17, 15) is 18.7 Å². The average Bonchev–Trinajstić information content (AvgIpc) is 2.58. The van der Waals surface area contributed by atoms with Gasteiger partial charge in [0.15, 0.2) is 11.6 Å². The molecule has 0 aliphatic heterocycles. The van der Waals surface area contributed by atoms with Crippen LogP contribution in [0.25, 0.3) is 0 Å². The summed E-state index contributed by atoms with van der Waals surface area (Å²) in [5.41, 5.74) is 0.278. The van der Waals surface area contributed by atoms with Gasteiger partial charge in [-0.05, 0) is 29.8 Å². The number of carbonyl (C=O) groups excluding carboxylic acids is 1. The van der Waals surface area contributed by atoms with Gasteiger partial charge in [0.05, 0.1) is 25.3 Å². The molecule has 0 aliphatic rings. The van der Waals surface area contributed by atoms with Crippen LogP contribution in [0.4, 0.5) is 8.78 Å². The number of hydrogen-bond donors (Lipinski definition) is 1. The molecular formula is C17H17F2NO3. The van der Waals surface area contributed by atoms with Crippen LogP contribution in [-0.2, 0) is 0 Å². The standard InChI is InChI=1S/C17H17F2NO3/c1-20(17(22)13-4-3-5-14(18)16(13)19)15(10-21)11-6-8-12(23-2)9-7-11/h3-9,15,21H,10H2,1-2H3/t15-/m1/s1. The molecule has 0 spiro atoms. The second kappa shape index (κ2) is 7.19. The van der Waals surface area contributed by atoms with E-state index in [1.54, 1.807) is 24.3 Å². The van der Waals surface area contributed by atoms with Crippen molar-refractivity contribution in [3.8, 4) is 5.75 Å². The molecule has 2 rings (SSSR count). The van der Waals surface area contributed by atoms with E-state index in [-0.39, 0.29) is 12.2 Å². The molecule has 0 aromatic heterocycles. The molecule has 23 heavy (non-hydrogen) atoms. The quantitative estimate of drug-likeness (QED) is 0.921. The van der Waals surface area contributed by atoms with Crippen LogP contribution in [0.5, 0.6) is 5.75 Å². The van der Waals surface area contributed by atoms with Crippen LogP contribution >= 0.6 is 0 Å². The Kier molecular flexibility index (Phi) is 5.28. The van der Waals surface area contributed by atoms with E-state index in [2.05, 4.69) is 0 Å². The highest BCUT2D eigenvalue weighted by molar-refractivity contribution is 5.94. The number of nitrogens with zero attached hydrogens (tertiary/aromatic N) is 1. The van der Waals surface area contributed by atoms with E-state index < -0.39 is 23.6 Å². The monoisotopic (exact) mass is 321 g/mol. The first-order chi connectivity index (χ1) is 11.0. The van der Waals surface area contributed by atoms with E-state index in [1.165, 1.54) is 31.2 Å². The highest BCUT2D eigenvalue weighted by Crippen LogP contribution is 2.24. The molecule has 1 N–H and O–H groups in total. The number of methoxy groups -OCH3 is 1. The van der Waals surface area contributed by atoms with Crippen molar-refractivity contribution in [3.63, 3.8) is 0 Å². The fraction of sp³-hybridized carbons (Fsp3) is 0.235. The molecule has 0 bridgehead atoms. The first kappa shape index (κ1) is 16.9. The van der Waals surface area contributed by atoms with E-state index in [0.717, 1.165) is 6.07 Å². The molecule has 2 aromatic carbocycles. The van der Waals surface area contributed by atoms with Crippen molar-refractivity contribution in [2.45, 2.75) is 6.04 Å². The maximum absolute atomic E-state index is 13.8. The number of halogens is 2. The number of amides is 1. The molecule has 1 atom stereocenters. The smallest absolute Gasteiger partial charge is 0.257 e. The van der Waals surface area contributed by atoms with Crippen molar-refractivity contribution in [1.29, 1.82) is 0 Å². The van der Waals surface area contributed by atoms with Gasteiger partial charge in [-0.1, -0.05) is 18.2 Å². The summed E-state index contributed by atoms with van der Waals surface area (Å²) in [6.07, 6.45) is 0. The molecule has 0 fully saturated rings. The molecule has 0 saturated carbocycles. The van der Waals surface area contributed by atoms with Crippen LogP contribution in [0.2, 0.25) is 0 Å². The van der Waals surface area contributed by atoms with Crippen LogP contribution < -0.4 is 4.74 Å². The Bertz CT molecular complexity index is 689. The zero-order valence-electron chi connectivity index (χ0n) is 12.8. The molecule has 122 valence electrons. The third-order valence-corrected chi connectivity index (χ3v) is 3.64. The lowest BCUT2D eigenvalue weighted by Crippen LogP contribution is -2.34. The second-order valence-electron chi connectivity index (χ2n) is 4.99. The van der Waals surface area contributed by atoms with Gasteiger partial charge in [0.1, 0.15) is 5.75 Å². The molecule has 0 radical (unpaired) electrons. The number of carbonyl (C=O) groups is 1. The van der Waals surface area contributed by atoms with Gasteiger partial charge < -0.3 is 14.7 Å². The molecule has 0 aliphatic carbocycles. The van der Waals surface area contributed by atoms with Crippen molar-refractivity contribution < 1.29 is 23.4 Å². The van der Waals surface area contributed by atoms with Crippen molar-refractivity contribution in [1.82, 2.24) is 4.90 Å². The van der Waals surface area contributed by atoms with Gasteiger partial charge in [0.2, 0.25) is 0 Å². The minimum Gasteiger partial charge on any atom is -0.497 e. The van der Waals surface area contributed by atoms with E-state index in [1.807, 2.05) is 0 Å². The van der Waals surface area contributed by atoms with Gasteiger partial charge in [0, 0.05) is 7.05 Å². The van der Waals surface area contributed by atoms with Gasteiger partial charge in [-0.15, -0.1) is 0 Å². The van der Waals surface area contributed by atoms with Gasteiger partial charge in [0.25, 0.3) is 5.91 Å². The molecule has 0 heterocycles. The molecule has 6 heteroatoms. The zero-order valence-corrected chi connectivity index (χ0v) is 12.8. The van der Waals surface area contributed by atoms with Crippen LogP contribution in [0.1, 0.15) is 22.0 Å². The topological polar surface area (TPSA) is 49.8 Å². The molecule has 0 saturated heterocycles. The zero-order chi connectivity index (χ0) is 17.0. The van der Waals surface area contributed by atoms with E-state index in [0.29, 0.717) is 11.3 Å². The molecule has 2 aromatic rings. The number of rotatable bonds is 5. The maximum atomic E-state index is 13.8. The summed E-state index contributed by atoms with van der Waals surface area (Å²) in [6, 6.07) is 9.52. The van der Waals surface area contributed by atoms with Crippen molar-refractivity contribution in [2.75, 3.05) is 20.8 Å². The Balaban J connectivity index is 2.29. The second-order valence-corrected chi connectivity index (χ2v) is 4.99. The minimum atomic E-state index is -1.20. The number of ether oxygens (including phenoxy) is 1. The van der Waals surface area contributed by atoms with E-state index in [4.69, 9.17) is 4.74 Å². The molecule has 0 unspecified atom stereocenters. The van der Waals surface area contributed by atoms with Crippen molar-refractivity contribution in [2.24, 2.45) is 0 Å². The van der Waals surface area contributed by atoms with E-state index >= 15 is 0 Å². The Morgan fingerprint density at radius 3 is 2.43 bits per heavy atom. The molecular weight excluding hydrogens is 304 g/mol. The Labute approximate surface area is 132 Å². The number of aliphatic hydroxyl groups excluding tert-OH is 1. The number of benzene rings is 2. The summed E-state index contributed by atoms with van der Waals surface area (Å²) in [4.78, 5) is 13.6. The lowest BCUT2D eigenvalue weighted by atomic mass is 10.0. The lowest BCUT2D eigenvalue weighted by Gasteiger charge is -2.27. The normalized spacial score (nSPS) is 11.9. The number of hydrogen-bond acceptors (Lipinski definition) is 3. The van der Waals surface area contributed by atoms with Gasteiger partial charge in [-0.3, -0.25) is 4.79 Å². The third-order valence-electron chi connectivity index (χ3n) is 3.64. The molecule has 4 nitrogen and oxygen atoms in total. The first-order valence-corrected chi connectivity index (χ1v) is 6.95. The Hall–Kier alpha value is -2.47. The summed E-state index contributed by atoms with van der Waals surface area (Å²) in [6.45, 7) is -0.356. The predicted octanol–water partition coefficient (Wildman–Crippen LogP) is 2.78. The van der Waals surface area contributed by atoms with Gasteiger partial charge >= 0.3 is 0 Å². The van der Waals surface area contributed by atoms with Crippen molar-refractivity contribution >= 4 is 5.91 Å². The largest absolute Gasteiger partial charge is 0.497 e. The Morgan fingerprint density at radius 2 is 1.87 bits per heavy atom. The summed E-state index contributed by atoms with van der Waals surface area (Å²) in [7, 11) is 2.96. The SMILES string of the molecule is COc1ccc([C@@H](CO)N(C)C(=O)c2cccc(F)c2F)cc1. The van der Waals surface area contributed by atoms with Crippen LogP contribution in [0, 0.1) is 11.6 Å².